The van der Waals surface area contributed by atoms with E-state index in [-0.39, 0.29) is 11.9 Å². The van der Waals surface area contributed by atoms with Crippen molar-refractivity contribution in [2.24, 2.45) is 0 Å². The molecule has 0 aliphatic carbocycles. The molecule has 140 valence electrons. The number of nitrogens with one attached hydrogen (secondary N) is 1. The van der Waals surface area contributed by atoms with Gasteiger partial charge in [-0.05, 0) is 24.1 Å². The molecule has 1 unspecified atom stereocenters. The zero-order valence-electron chi connectivity index (χ0n) is 16.0. The quantitative estimate of drug-likeness (QED) is 0.743. The minimum absolute atomic E-state index is 0.0627. The van der Waals surface area contributed by atoms with Gasteiger partial charge >= 0.3 is 0 Å². The van der Waals surface area contributed by atoms with Crippen molar-refractivity contribution in [3.63, 3.8) is 0 Å². The van der Waals surface area contributed by atoms with E-state index in [4.69, 9.17) is 0 Å². The molecule has 1 amide bonds. The normalized spacial score (nSPS) is 19.5. The Balaban J connectivity index is 1.69. The monoisotopic (exact) mass is 369 g/mol. The van der Waals surface area contributed by atoms with Crippen LogP contribution in [0, 0.1) is 0 Å². The Morgan fingerprint density at radius 1 is 1.11 bits per heavy atom. The summed E-state index contributed by atoms with van der Waals surface area (Å²) in [6, 6.07) is 17.5. The van der Waals surface area contributed by atoms with Crippen molar-refractivity contribution < 1.29 is 4.79 Å². The number of fused-ring (bicyclic) bond motifs is 9. The predicted octanol–water partition coefficient (Wildman–Crippen LogP) is 4.40. The maximum atomic E-state index is 12.9. The molecule has 0 saturated heterocycles. The highest BCUT2D eigenvalue weighted by atomic mass is 16.2. The summed E-state index contributed by atoms with van der Waals surface area (Å²) < 4.78 is 2.53. The number of rotatable bonds is 3. The first-order chi connectivity index (χ1) is 13.8. The lowest BCUT2D eigenvalue weighted by Crippen LogP contribution is -2.34. The lowest BCUT2D eigenvalue weighted by Gasteiger charge is -2.34. The van der Waals surface area contributed by atoms with Crippen LogP contribution in [0.1, 0.15) is 42.6 Å². The fraction of sp³-hybridized carbons (Fsp3) is 0.292. The molecule has 0 fully saturated rings. The molecule has 4 heteroatoms. The Morgan fingerprint density at radius 2 is 1.93 bits per heavy atom. The lowest BCUT2D eigenvalue weighted by atomic mass is 9.92. The fourth-order valence-corrected chi connectivity index (χ4v) is 5.36. The number of carbonyl (C=O) groups excluding carboxylic acids is 1. The molecule has 0 bridgehead atoms. The van der Waals surface area contributed by atoms with E-state index in [2.05, 4.69) is 70.2 Å². The van der Waals surface area contributed by atoms with Crippen LogP contribution < -0.4 is 10.2 Å². The van der Waals surface area contributed by atoms with E-state index in [9.17, 15) is 4.79 Å². The molecule has 0 radical (unpaired) electrons. The average Bonchev–Trinajstić information content (AvgIpc) is 3.38. The second-order valence-corrected chi connectivity index (χ2v) is 8.01. The molecule has 3 aromatic rings. The van der Waals surface area contributed by atoms with Crippen molar-refractivity contribution in [1.82, 2.24) is 9.88 Å². The number of nitrogens with zero attached hydrogens (tertiary/aromatic N) is 2. The maximum Gasteiger partial charge on any atom is 0.268 e. The summed E-state index contributed by atoms with van der Waals surface area (Å²) in [5.74, 6) is 0.0627. The SMILES string of the molecule is CCCCn1c2c(c3ccccc31)C1=C(C(=O)NC1)N1c3ccccc3CC21. The molecule has 0 saturated carbocycles. The molecule has 2 aromatic carbocycles. The molecule has 3 aliphatic rings. The number of hydrogen-bond donors (Lipinski definition) is 1. The van der Waals surface area contributed by atoms with Crippen molar-refractivity contribution in [2.75, 3.05) is 11.4 Å². The second kappa shape index (κ2) is 5.74. The zero-order chi connectivity index (χ0) is 18.8. The van der Waals surface area contributed by atoms with Crippen LogP contribution in [-0.2, 0) is 17.8 Å². The topological polar surface area (TPSA) is 37.3 Å². The van der Waals surface area contributed by atoms with Crippen molar-refractivity contribution in [3.05, 3.63) is 71.0 Å². The summed E-state index contributed by atoms with van der Waals surface area (Å²) >= 11 is 0. The lowest BCUT2D eigenvalue weighted by molar-refractivity contribution is -0.116. The average molecular weight is 369 g/mol. The predicted molar refractivity (Wildman–Crippen MR) is 112 cm³/mol. The van der Waals surface area contributed by atoms with Gasteiger partial charge in [-0.3, -0.25) is 4.79 Å². The van der Waals surface area contributed by atoms with Crippen LogP contribution in [0.15, 0.2) is 54.2 Å². The third kappa shape index (κ3) is 1.93. The standard InChI is InChI=1S/C24H23N3O/c1-2-3-12-26-19-11-7-5-9-16(19)21-17-14-25-24(28)22(17)27-18-10-6-4-8-15(18)13-20(27)23(21)26/h4-11,20H,2-3,12-14H2,1H3,(H,25,28). The molecule has 4 nitrogen and oxygen atoms in total. The van der Waals surface area contributed by atoms with Crippen LogP contribution in [0.3, 0.4) is 0 Å². The summed E-state index contributed by atoms with van der Waals surface area (Å²) in [4.78, 5) is 15.2. The van der Waals surface area contributed by atoms with Gasteiger partial charge in [-0.1, -0.05) is 49.7 Å². The second-order valence-electron chi connectivity index (χ2n) is 8.01. The van der Waals surface area contributed by atoms with Gasteiger partial charge in [0.05, 0.1) is 6.04 Å². The van der Waals surface area contributed by atoms with E-state index >= 15 is 0 Å². The van der Waals surface area contributed by atoms with Crippen molar-refractivity contribution in [2.45, 2.75) is 38.8 Å². The number of carbonyl (C=O) groups is 1. The van der Waals surface area contributed by atoms with Gasteiger partial charge in [0.1, 0.15) is 5.70 Å². The molecular formula is C24H23N3O. The summed E-state index contributed by atoms with van der Waals surface area (Å²) in [6.07, 6.45) is 3.29. The Labute approximate surface area is 164 Å². The van der Waals surface area contributed by atoms with Gasteiger partial charge in [0, 0.05) is 52.9 Å². The Kier molecular flexibility index (Phi) is 3.28. The number of aryl methyl sites for hydroxylation is 1. The van der Waals surface area contributed by atoms with Gasteiger partial charge in [-0.25, -0.2) is 0 Å². The van der Waals surface area contributed by atoms with E-state index in [1.807, 2.05) is 0 Å². The van der Waals surface area contributed by atoms with E-state index < -0.39 is 0 Å². The molecule has 1 N–H and O–H groups in total. The number of anilines is 1. The summed E-state index contributed by atoms with van der Waals surface area (Å²) in [6.45, 7) is 3.89. The van der Waals surface area contributed by atoms with Gasteiger partial charge in [-0.2, -0.15) is 0 Å². The minimum atomic E-state index is 0.0627. The molecule has 0 spiro atoms. The largest absolute Gasteiger partial charge is 0.347 e. The Morgan fingerprint density at radius 3 is 2.82 bits per heavy atom. The van der Waals surface area contributed by atoms with Crippen LogP contribution >= 0.6 is 0 Å². The van der Waals surface area contributed by atoms with Crippen molar-refractivity contribution >= 4 is 28.1 Å². The van der Waals surface area contributed by atoms with E-state index in [0.717, 1.165) is 25.1 Å². The van der Waals surface area contributed by atoms with Gasteiger partial charge in [0.25, 0.3) is 5.91 Å². The first-order valence-corrected chi connectivity index (χ1v) is 10.3. The summed E-state index contributed by atoms with van der Waals surface area (Å²) in [5.41, 5.74) is 8.54. The van der Waals surface area contributed by atoms with Crippen LogP contribution in [0.25, 0.3) is 16.5 Å². The minimum Gasteiger partial charge on any atom is -0.347 e. The van der Waals surface area contributed by atoms with E-state index in [0.29, 0.717) is 6.54 Å². The fourth-order valence-electron chi connectivity index (χ4n) is 5.36. The van der Waals surface area contributed by atoms with Crippen molar-refractivity contribution in [3.8, 4) is 0 Å². The first-order valence-electron chi connectivity index (χ1n) is 10.3. The third-order valence-corrected chi connectivity index (χ3v) is 6.51. The van der Waals surface area contributed by atoms with Gasteiger partial charge in [0.2, 0.25) is 0 Å². The van der Waals surface area contributed by atoms with Gasteiger partial charge in [-0.15, -0.1) is 0 Å². The third-order valence-electron chi connectivity index (χ3n) is 6.51. The van der Waals surface area contributed by atoms with E-state index in [1.54, 1.807) is 0 Å². The van der Waals surface area contributed by atoms with Crippen molar-refractivity contribution in [1.29, 1.82) is 0 Å². The number of aromatic nitrogens is 1. The highest BCUT2D eigenvalue weighted by molar-refractivity contribution is 6.14. The van der Waals surface area contributed by atoms with Crippen LogP contribution in [0.2, 0.25) is 0 Å². The summed E-state index contributed by atoms with van der Waals surface area (Å²) in [5, 5.41) is 4.38. The molecule has 4 heterocycles. The molecule has 6 rings (SSSR count). The Bertz CT molecular complexity index is 1170. The smallest absolute Gasteiger partial charge is 0.268 e. The number of benzene rings is 2. The van der Waals surface area contributed by atoms with Gasteiger partial charge < -0.3 is 14.8 Å². The number of hydrogen-bond acceptors (Lipinski definition) is 2. The Hall–Kier alpha value is -3.01. The highest BCUT2D eigenvalue weighted by Crippen LogP contribution is 2.52. The molecule has 3 aliphatic heterocycles. The maximum absolute atomic E-state index is 12.9. The van der Waals surface area contributed by atoms with Gasteiger partial charge in [0.15, 0.2) is 0 Å². The van der Waals surface area contributed by atoms with Crippen LogP contribution in [-0.4, -0.2) is 17.0 Å². The zero-order valence-corrected chi connectivity index (χ0v) is 16.0. The number of unbranched alkanes of at least 4 members (excludes halogenated alkanes) is 1. The number of para-hydroxylation sites is 2. The molecule has 1 aromatic heterocycles. The van der Waals surface area contributed by atoms with Crippen LogP contribution in [0.4, 0.5) is 5.69 Å². The van der Waals surface area contributed by atoms with Crippen LogP contribution in [0.5, 0.6) is 0 Å². The molecule has 1 atom stereocenters. The first kappa shape index (κ1) is 16.0. The summed E-state index contributed by atoms with van der Waals surface area (Å²) in [7, 11) is 0. The molecular weight excluding hydrogens is 346 g/mol. The van der Waals surface area contributed by atoms with E-state index in [1.165, 1.54) is 45.4 Å². The molecule has 28 heavy (non-hydrogen) atoms. The highest BCUT2D eigenvalue weighted by Gasteiger charge is 2.46. The number of amides is 1.